The van der Waals surface area contributed by atoms with E-state index in [2.05, 4.69) is 36.3 Å². The summed E-state index contributed by atoms with van der Waals surface area (Å²) in [6.07, 6.45) is 4.07. The van der Waals surface area contributed by atoms with Gasteiger partial charge in [-0.1, -0.05) is 13.8 Å². The predicted molar refractivity (Wildman–Crippen MR) is 87.1 cm³/mol. The van der Waals surface area contributed by atoms with Crippen LogP contribution in [0, 0.1) is 0 Å². The normalized spacial score (nSPS) is 28.3. The van der Waals surface area contributed by atoms with Gasteiger partial charge in [-0.2, -0.15) is 5.10 Å². The number of rotatable bonds is 2. The number of amides is 2. The Morgan fingerprint density at radius 1 is 1.43 bits per heavy atom. The second kappa shape index (κ2) is 5.98. The third kappa shape index (κ3) is 2.99. The minimum absolute atomic E-state index is 0.0276. The van der Waals surface area contributed by atoms with Crippen LogP contribution in [0.1, 0.15) is 75.0 Å². The summed E-state index contributed by atoms with van der Waals surface area (Å²) in [5.41, 5.74) is 1.13. The first-order valence-electron chi connectivity index (χ1n) is 8.58. The van der Waals surface area contributed by atoms with E-state index >= 15 is 0 Å². The maximum atomic E-state index is 13.0. The molecule has 0 spiro atoms. The van der Waals surface area contributed by atoms with E-state index in [1.165, 1.54) is 0 Å². The lowest BCUT2D eigenvalue weighted by atomic mass is 9.81. The van der Waals surface area contributed by atoms with Crippen molar-refractivity contribution in [2.75, 3.05) is 6.54 Å². The highest BCUT2D eigenvalue weighted by atomic mass is 16.2. The second-order valence-electron chi connectivity index (χ2n) is 7.34. The Labute approximate surface area is 137 Å². The minimum Gasteiger partial charge on any atom is -0.349 e. The molecule has 2 fully saturated rings. The van der Waals surface area contributed by atoms with Crippen LogP contribution in [-0.4, -0.2) is 45.0 Å². The zero-order valence-corrected chi connectivity index (χ0v) is 14.2. The quantitative estimate of drug-likeness (QED) is 0.877. The number of aromatic amines is 1. The summed E-state index contributed by atoms with van der Waals surface area (Å²) in [6, 6.07) is 1.91. The Morgan fingerprint density at radius 3 is 2.91 bits per heavy atom. The topological polar surface area (TPSA) is 78.1 Å². The van der Waals surface area contributed by atoms with Crippen molar-refractivity contribution in [2.24, 2.45) is 0 Å². The number of piperidine rings is 1. The van der Waals surface area contributed by atoms with E-state index in [-0.39, 0.29) is 23.4 Å². The van der Waals surface area contributed by atoms with Gasteiger partial charge in [-0.15, -0.1) is 0 Å². The number of nitrogens with one attached hydrogen (secondary N) is 2. The third-order valence-corrected chi connectivity index (χ3v) is 5.21. The smallest absolute Gasteiger partial charge is 0.274 e. The van der Waals surface area contributed by atoms with Gasteiger partial charge in [0.1, 0.15) is 5.69 Å². The molecule has 6 nitrogen and oxygen atoms in total. The van der Waals surface area contributed by atoms with Gasteiger partial charge in [-0.05, 0) is 44.6 Å². The molecule has 1 aromatic heterocycles. The maximum Gasteiger partial charge on any atom is 0.274 e. The summed E-state index contributed by atoms with van der Waals surface area (Å²) >= 11 is 0. The van der Waals surface area contributed by atoms with Crippen LogP contribution in [0.5, 0.6) is 0 Å². The molecule has 0 saturated carbocycles. The van der Waals surface area contributed by atoms with Gasteiger partial charge in [0.05, 0.1) is 11.6 Å². The van der Waals surface area contributed by atoms with Gasteiger partial charge in [-0.25, -0.2) is 0 Å². The van der Waals surface area contributed by atoms with E-state index in [0.717, 1.165) is 37.9 Å². The Morgan fingerprint density at radius 2 is 2.22 bits per heavy atom. The first-order chi connectivity index (χ1) is 10.9. The molecule has 2 aliphatic heterocycles. The largest absolute Gasteiger partial charge is 0.349 e. The summed E-state index contributed by atoms with van der Waals surface area (Å²) in [5, 5.41) is 10.3. The van der Waals surface area contributed by atoms with Crippen molar-refractivity contribution in [1.29, 1.82) is 0 Å². The van der Waals surface area contributed by atoms with Crippen molar-refractivity contribution in [2.45, 2.75) is 70.4 Å². The summed E-state index contributed by atoms with van der Waals surface area (Å²) in [7, 11) is 0. The van der Waals surface area contributed by atoms with Crippen LogP contribution in [0.2, 0.25) is 0 Å². The highest BCUT2D eigenvalue weighted by molar-refractivity contribution is 5.93. The molecule has 126 valence electrons. The predicted octanol–water partition coefficient (Wildman–Crippen LogP) is 2.20. The average molecular weight is 318 g/mol. The molecule has 0 unspecified atom stereocenters. The molecule has 2 atom stereocenters. The molecule has 2 amide bonds. The minimum atomic E-state index is -0.321. The van der Waals surface area contributed by atoms with E-state index in [1.54, 1.807) is 0 Å². The Balaban J connectivity index is 1.85. The summed E-state index contributed by atoms with van der Waals surface area (Å²) < 4.78 is 0. The van der Waals surface area contributed by atoms with Gasteiger partial charge in [0.15, 0.2) is 0 Å². The van der Waals surface area contributed by atoms with Crippen LogP contribution in [-0.2, 0) is 4.79 Å². The Bertz CT molecular complexity index is 609. The first-order valence-corrected chi connectivity index (χ1v) is 8.58. The van der Waals surface area contributed by atoms with Crippen LogP contribution in [0.3, 0.4) is 0 Å². The number of aromatic nitrogens is 2. The Hall–Kier alpha value is -1.85. The number of nitrogens with zero attached hydrogens (tertiary/aromatic N) is 2. The fraction of sp³-hybridized carbons (Fsp3) is 0.706. The van der Waals surface area contributed by atoms with Crippen LogP contribution < -0.4 is 5.32 Å². The summed E-state index contributed by atoms with van der Waals surface area (Å²) in [5.74, 6) is 0.388. The molecular formula is C17H26N4O2. The van der Waals surface area contributed by atoms with E-state index < -0.39 is 0 Å². The van der Waals surface area contributed by atoms with Crippen molar-refractivity contribution >= 4 is 11.8 Å². The second-order valence-corrected chi connectivity index (χ2v) is 7.34. The molecule has 3 rings (SSSR count). The lowest BCUT2D eigenvalue weighted by Gasteiger charge is -2.47. The average Bonchev–Trinajstić information content (AvgIpc) is 2.92. The molecule has 6 heteroatoms. The van der Waals surface area contributed by atoms with Crippen molar-refractivity contribution in [3.8, 4) is 0 Å². The summed E-state index contributed by atoms with van der Waals surface area (Å²) in [4.78, 5) is 26.8. The number of H-pyrrole nitrogens is 1. The highest BCUT2D eigenvalue weighted by Gasteiger charge is 2.45. The molecule has 1 aromatic rings. The van der Waals surface area contributed by atoms with Gasteiger partial charge in [0.2, 0.25) is 5.91 Å². The lowest BCUT2D eigenvalue weighted by molar-refractivity contribution is -0.123. The molecule has 2 aliphatic rings. The molecular weight excluding hydrogens is 292 g/mol. The lowest BCUT2D eigenvalue weighted by Crippen LogP contribution is -2.63. The summed E-state index contributed by atoms with van der Waals surface area (Å²) in [6.45, 7) is 6.95. The molecule has 0 aliphatic carbocycles. The number of carbonyl (C=O) groups excluding carboxylic acids is 2. The van der Waals surface area contributed by atoms with Gasteiger partial charge in [0.25, 0.3) is 5.91 Å². The van der Waals surface area contributed by atoms with E-state index in [9.17, 15) is 9.59 Å². The number of carbonyl (C=O) groups is 2. The van der Waals surface area contributed by atoms with Crippen LogP contribution >= 0.6 is 0 Å². The van der Waals surface area contributed by atoms with Crippen molar-refractivity contribution in [3.05, 3.63) is 17.5 Å². The van der Waals surface area contributed by atoms with Gasteiger partial charge >= 0.3 is 0 Å². The fourth-order valence-electron chi connectivity index (χ4n) is 3.87. The van der Waals surface area contributed by atoms with Crippen LogP contribution in [0.25, 0.3) is 0 Å². The highest BCUT2D eigenvalue weighted by Crippen LogP contribution is 2.34. The fourth-order valence-corrected chi connectivity index (χ4v) is 3.87. The third-order valence-electron chi connectivity index (χ3n) is 5.21. The molecule has 0 bridgehead atoms. The van der Waals surface area contributed by atoms with Gasteiger partial charge in [0, 0.05) is 18.7 Å². The van der Waals surface area contributed by atoms with E-state index in [1.807, 2.05) is 11.0 Å². The van der Waals surface area contributed by atoms with E-state index in [4.69, 9.17) is 0 Å². The standard InChI is InChI=1S/C17H26N4O2/c1-11(2)12-10-13(20-19-12)16(23)21-9-5-8-17(3)14(21)6-4-7-15(22)18-17/h10-11,14H,4-9H2,1-3H3,(H,18,22)(H,19,20)/t14-,17-/m0/s1. The van der Waals surface area contributed by atoms with Crippen molar-refractivity contribution < 1.29 is 9.59 Å². The molecule has 0 radical (unpaired) electrons. The molecule has 3 heterocycles. The first kappa shape index (κ1) is 16.0. The van der Waals surface area contributed by atoms with Crippen molar-refractivity contribution in [3.63, 3.8) is 0 Å². The molecule has 0 aromatic carbocycles. The Kier molecular flexibility index (Phi) is 4.17. The molecule has 2 N–H and O–H groups in total. The van der Waals surface area contributed by atoms with Crippen molar-refractivity contribution in [1.82, 2.24) is 20.4 Å². The zero-order valence-electron chi connectivity index (χ0n) is 14.2. The molecule has 2 saturated heterocycles. The zero-order chi connectivity index (χ0) is 16.6. The SMILES string of the molecule is CC(C)c1cc(C(=O)N2CCC[C@]3(C)NC(=O)CCC[C@H]23)n[nH]1. The number of hydrogen-bond donors (Lipinski definition) is 2. The van der Waals surface area contributed by atoms with Crippen LogP contribution in [0.4, 0.5) is 0 Å². The number of fused-ring (bicyclic) bond motifs is 1. The molecule has 23 heavy (non-hydrogen) atoms. The number of hydrogen-bond acceptors (Lipinski definition) is 3. The number of likely N-dealkylation sites (tertiary alicyclic amines) is 1. The van der Waals surface area contributed by atoms with E-state index in [0.29, 0.717) is 18.0 Å². The monoisotopic (exact) mass is 318 g/mol. The van der Waals surface area contributed by atoms with Gasteiger partial charge in [-0.3, -0.25) is 14.7 Å². The maximum absolute atomic E-state index is 13.0. The van der Waals surface area contributed by atoms with Crippen LogP contribution in [0.15, 0.2) is 6.07 Å². The van der Waals surface area contributed by atoms with Gasteiger partial charge < -0.3 is 10.2 Å².